The van der Waals surface area contributed by atoms with Gasteiger partial charge in [-0.05, 0) is 56.6 Å². The van der Waals surface area contributed by atoms with Gasteiger partial charge < -0.3 is 20.3 Å². The summed E-state index contributed by atoms with van der Waals surface area (Å²) in [5, 5.41) is 21.0. The Hall–Kier alpha value is -0.140. The quantitative estimate of drug-likeness (QED) is 0.714. The van der Waals surface area contributed by atoms with Crippen molar-refractivity contribution in [3.63, 3.8) is 0 Å². The molecule has 0 saturated heterocycles. The molecule has 1 aromatic rings. The largest absolute Gasteiger partial charge is 0.488 e. The van der Waals surface area contributed by atoms with Crippen LogP contribution >= 0.6 is 31.9 Å². The molecule has 17 heavy (non-hydrogen) atoms. The molecule has 0 radical (unpaired) electrons. The third-order valence-corrected chi connectivity index (χ3v) is 3.25. The van der Waals surface area contributed by atoms with Crippen molar-refractivity contribution in [2.45, 2.75) is 12.6 Å². The first-order chi connectivity index (χ1) is 8.08. The van der Waals surface area contributed by atoms with Gasteiger partial charge in [0.05, 0.1) is 15.6 Å². The zero-order chi connectivity index (χ0) is 12.8. The summed E-state index contributed by atoms with van der Waals surface area (Å²) in [6, 6.07) is 3.89. The predicted molar refractivity (Wildman–Crippen MR) is 73.2 cm³/mol. The van der Waals surface area contributed by atoms with Crippen LogP contribution in [0, 0.1) is 0 Å². The lowest BCUT2D eigenvalue weighted by molar-refractivity contribution is 0.0531. The van der Waals surface area contributed by atoms with Crippen LogP contribution in [0.3, 0.4) is 0 Å². The highest BCUT2D eigenvalue weighted by Gasteiger charge is 2.11. The fourth-order valence-corrected chi connectivity index (χ4v) is 2.80. The van der Waals surface area contributed by atoms with Crippen LogP contribution < -0.4 is 10.1 Å². The van der Waals surface area contributed by atoms with Crippen molar-refractivity contribution in [3.8, 4) is 5.75 Å². The third kappa shape index (κ3) is 4.56. The molecule has 96 valence electrons. The second-order valence-electron chi connectivity index (χ2n) is 3.57. The molecule has 0 heterocycles. The Morgan fingerprint density at radius 1 is 1.35 bits per heavy atom. The van der Waals surface area contributed by atoms with Gasteiger partial charge in [0, 0.05) is 6.54 Å². The normalized spacial score (nSPS) is 12.5. The molecule has 0 spiro atoms. The second-order valence-corrected chi connectivity index (χ2v) is 5.27. The van der Waals surface area contributed by atoms with E-state index in [2.05, 4.69) is 37.2 Å². The van der Waals surface area contributed by atoms with Gasteiger partial charge >= 0.3 is 0 Å². The van der Waals surface area contributed by atoms with Crippen LogP contribution in [0.1, 0.15) is 5.56 Å². The van der Waals surface area contributed by atoms with Gasteiger partial charge in [0.2, 0.25) is 0 Å². The van der Waals surface area contributed by atoms with Gasteiger partial charge in [0.1, 0.15) is 18.5 Å². The first-order valence-corrected chi connectivity index (χ1v) is 6.71. The highest BCUT2D eigenvalue weighted by atomic mass is 79.9. The summed E-state index contributed by atoms with van der Waals surface area (Å²) in [6.45, 7) is 0.503. The highest BCUT2D eigenvalue weighted by molar-refractivity contribution is 9.11. The maximum atomic E-state index is 9.22. The van der Waals surface area contributed by atoms with Gasteiger partial charge in [0.15, 0.2) is 0 Å². The fraction of sp³-hybridized carbons (Fsp3) is 0.455. The Bertz CT molecular complexity index is 351. The fourth-order valence-electron chi connectivity index (χ4n) is 1.29. The van der Waals surface area contributed by atoms with Crippen LogP contribution in [0.25, 0.3) is 0 Å². The number of rotatable bonds is 6. The summed E-state index contributed by atoms with van der Waals surface area (Å²) < 4.78 is 7.04. The minimum absolute atomic E-state index is 0.0546. The van der Waals surface area contributed by atoms with Crippen LogP contribution in [-0.4, -0.2) is 36.6 Å². The molecule has 0 bridgehead atoms. The molecule has 1 unspecified atom stereocenters. The zero-order valence-corrected chi connectivity index (χ0v) is 12.6. The van der Waals surface area contributed by atoms with Gasteiger partial charge in [-0.1, -0.05) is 0 Å². The molecule has 1 atom stereocenters. The van der Waals surface area contributed by atoms with Crippen molar-refractivity contribution in [2.24, 2.45) is 0 Å². The summed E-state index contributed by atoms with van der Waals surface area (Å²) in [5.74, 6) is 0.623. The Morgan fingerprint density at radius 3 is 2.41 bits per heavy atom. The van der Waals surface area contributed by atoms with Crippen molar-refractivity contribution in [1.29, 1.82) is 0 Å². The van der Waals surface area contributed by atoms with E-state index in [1.54, 1.807) is 0 Å². The number of hydrogen-bond donors (Lipinski definition) is 3. The second kappa shape index (κ2) is 7.33. The number of halogens is 2. The molecule has 6 heteroatoms. The number of benzene rings is 1. The van der Waals surface area contributed by atoms with Crippen molar-refractivity contribution >= 4 is 31.9 Å². The van der Waals surface area contributed by atoms with E-state index in [1.165, 1.54) is 0 Å². The third-order valence-electron chi connectivity index (χ3n) is 2.07. The van der Waals surface area contributed by atoms with Crippen LogP contribution in [0.4, 0.5) is 0 Å². The van der Waals surface area contributed by atoms with Gasteiger partial charge in [0.25, 0.3) is 0 Å². The highest BCUT2D eigenvalue weighted by Crippen LogP contribution is 2.34. The molecule has 0 saturated carbocycles. The molecule has 3 N–H and O–H groups in total. The molecular formula is C11H15Br2NO3. The summed E-state index contributed by atoms with van der Waals surface area (Å²) in [5.41, 5.74) is 1.11. The van der Waals surface area contributed by atoms with Gasteiger partial charge in [-0.25, -0.2) is 0 Å². The monoisotopic (exact) mass is 367 g/mol. The number of nitrogens with one attached hydrogen (secondary N) is 1. The van der Waals surface area contributed by atoms with Crippen LogP contribution in [0.15, 0.2) is 21.1 Å². The van der Waals surface area contributed by atoms with Crippen LogP contribution in [0.5, 0.6) is 5.75 Å². The Kier molecular flexibility index (Phi) is 6.43. The van der Waals surface area contributed by atoms with E-state index in [0.29, 0.717) is 5.75 Å². The van der Waals surface area contributed by atoms with E-state index in [1.807, 2.05) is 19.2 Å². The smallest absolute Gasteiger partial charge is 0.147 e. The average molecular weight is 369 g/mol. The molecule has 4 nitrogen and oxygen atoms in total. The van der Waals surface area contributed by atoms with E-state index in [4.69, 9.17) is 9.84 Å². The van der Waals surface area contributed by atoms with Gasteiger partial charge in [-0.15, -0.1) is 0 Å². The zero-order valence-electron chi connectivity index (χ0n) is 9.41. The van der Waals surface area contributed by atoms with Gasteiger partial charge in [-0.3, -0.25) is 0 Å². The summed E-state index contributed by atoms with van der Waals surface area (Å²) in [4.78, 5) is 0. The number of ether oxygens (including phenoxy) is 1. The van der Waals surface area contributed by atoms with Crippen LogP contribution in [-0.2, 0) is 6.54 Å². The van der Waals surface area contributed by atoms with E-state index < -0.39 is 6.10 Å². The molecule has 0 aromatic heterocycles. The Labute approximate surface area is 117 Å². The first-order valence-electron chi connectivity index (χ1n) is 5.12. The molecular weight excluding hydrogens is 354 g/mol. The summed E-state index contributed by atoms with van der Waals surface area (Å²) >= 11 is 6.83. The van der Waals surface area contributed by atoms with E-state index in [0.717, 1.165) is 21.1 Å². The minimum Gasteiger partial charge on any atom is -0.488 e. The number of hydrogen-bond acceptors (Lipinski definition) is 4. The lowest BCUT2D eigenvalue weighted by Gasteiger charge is -2.14. The predicted octanol–water partition coefficient (Wildman–Crippen LogP) is 1.66. The van der Waals surface area contributed by atoms with Crippen molar-refractivity contribution in [3.05, 3.63) is 26.6 Å². The van der Waals surface area contributed by atoms with Crippen LogP contribution in [0.2, 0.25) is 0 Å². The number of aliphatic hydroxyl groups is 2. The molecule has 1 rings (SSSR count). The SMILES string of the molecule is CNCc1cc(Br)c(OCC(O)CO)c(Br)c1. The molecule has 0 aliphatic heterocycles. The first kappa shape index (κ1) is 14.9. The lowest BCUT2D eigenvalue weighted by atomic mass is 10.2. The van der Waals surface area contributed by atoms with E-state index in [-0.39, 0.29) is 13.2 Å². The van der Waals surface area contributed by atoms with Crippen molar-refractivity contribution in [1.82, 2.24) is 5.32 Å². The Balaban J connectivity index is 2.78. The lowest BCUT2D eigenvalue weighted by Crippen LogP contribution is -2.21. The van der Waals surface area contributed by atoms with E-state index >= 15 is 0 Å². The minimum atomic E-state index is -0.870. The Morgan fingerprint density at radius 2 is 1.94 bits per heavy atom. The molecule has 0 aliphatic rings. The van der Waals surface area contributed by atoms with Crippen molar-refractivity contribution < 1.29 is 14.9 Å². The van der Waals surface area contributed by atoms with Gasteiger partial charge in [-0.2, -0.15) is 0 Å². The maximum absolute atomic E-state index is 9.22. The average Bonchev–Trinajstić information content (AvgIpc) is 2.28. The maximum Gasteiger partial charge on any atom is 0.147 e. The topological polar surface area (TPSA) is 61.7 Å². The standard InChI is InChI=1S/C11H15Br2NO3/c1-14-4-7-2-9(12)11(10(13)3-7)17-6-8(16)5-15/h2-3,8,14-16H,4-6H2,1H3. The van der Waals surface area contributed by atoms with E-state index in [9.17, 15) is 5.11 Å². The molecule has 1 aromatic carbocycles. The summed E-state index contributed by atoms with van der Waals surface area (Å²) in [7, 11) is 1.88. The summed E-state index contributed by atoms with van der Waals surface area (Å²) in [6.07, 6.45) is -0.870. The number of aliphatic hydroxyl groups excluding tert-OH is 2. The molecule has 0 aliphatic carbocycles. The van der Waals surface area contributed by atoms with Crippen molar-refractivity contribution in [2.75, 3.05) is 20.3 Å². The molecule has 0 fully saturated rings. The molecule has 0 amide bonds.